The SMILES string of the molecule is O=c1[nH]c(SC/C=C/c2ccccc2)nc2c1cnn2-c1ccccc1. The molecule has 0 fully saturated rings. The number of nitrogens with zero attached hydrogens (tertiary/aromatic N) is 3. The van der Waals surface area contributed by atoms with Gasteiger partial charge in [-0.05, 0) is 17.7 Å². The summed E-state index contributed by atoms with van der Waals surface area (Å²) in [6.45, 7) is 0. The molecule has 0 unspecified atom stereocenters. The minimum absolute atomic E-state index is 0.174. The Balaban J connectivity index is 1.58. The number of thioether (sulfide) groups is 1. The number of para-hydroxylation sites is 1. The van der Waals surface area contributed by atoms with E-state index in [4.69, 9.17) is 0 Å². The van der Waals surface area contributed by atoms with E-state index in [9.17, 15) is 4.79 Å². The number of hydrogen-bond acceptors (Lipinski definition) is 4. The Morgan fingerprint density at radius 1 is 1.04 bits per heavy atom. The molecule has 0 saturated heterocycles. The van der Waals surface area contributed by atoms with Crippen molar-refractivity contribution in [3.05, 3.63) is 88.9 Å². The zero-order valence-electron chi connectivity index (χ0n) is 13.9. The van der Waals surface area contributed by atoms with Gasteiger partial charge in [-0.15, -0.1) is 0 Å². The number of H-pyrrole nitrogens is 1. The molecule has 2 heterocycles. The number of fused-ring (bicyclic) bond motifs is 1. The highest BCUT2D eigenvalue weighted by molar-refractivity contribution is 7.99. The number of benzene rings is 2. The standard InChI is InChI=1S/C20H16N4OS/c25-19-17-14-21-24(16-11-5-2-6-12-16)18(17)22-20(23-19)26-13-7-10-15-8-3-1-4-9-15/h1-12,14H,13H2,(H,22,23,25)/b10-7+. The first-order valence-corrected chi connectivity index (χ1v) is 9.18. The predicted octanol–water partition coefficient (Wildman–Crippen LogP) is 3.91. The van der Waals surface area contributed by atoms with E-state index in [1.54, 1.807) is 10.9 Å². The van der Waals surface area contributed by atoms with Crippen molar-refractivity contribution in [1.29, 1.82) is 0 Å². The van der Waals surface area contributed by atoms with Crippen molar-refractivity contribution in [1.82, 2.24) is 19.7 Å². The van der Waals surface area contributed by atoms with Crippen LogP contribution in [0.1, 0.15) is 5.56 Å². The molecule has 0 spiro atoms. The molecule has 0 atom stereocenters. The lowest BCUT2D eigenvalue weighted by Gasteiger charge is -2.03. The van der Waals surface area contributed by atoms with E-state index in [1.165, 1.54) is 11.8 Å². The zero-order valence-corrected chi connectivity index (χ0v) is 14.7. The molecule has 0 radical (unpaired) electrons. The van der Waals surface area contributed by atoms with E-state index in [-0.39, 0.29) is 5.56 Å². The highest BCUT2D eigenvalue weighted by Gasteiger charge is 2.11. The lowest BCUT2D eigenvalue weighted by atomic mass is 10.2. The van der Waals surface area contributed by atoms with Gasteiger partial charge < -0.3 is 4.98 Å². The predicted molar refractivity (Wildman–Crippen MR) is 106 cm³/mol. The number of nitrogens with one attached hydrogen (secondary N) is 1. The molecule has 4 rings (SSSR count). The van der Waals surface area contributed by atoms with Crippen LogP contribution in [-0.2, 0) is 0 Å². The van der Waals surface area contributed by atoms with Crippen molar-refractivity contribution in [2.24, 2.45) is 0 Å². The molecule has 0 aliphatic rings. The molecule has 0 aliphatic heterocycles. The summed E-state index contributed by atoms with van der Waals surface area (Å²) >= 11 is 1.48. The van der Waals surface area contributed by atoms with Gasteiger partial charge in [-0.2, -0.15) is 5.10 Å². The van der Waals surface area contributed by atoms with Crippen LogP contribution in [0.5, 0.6) is 0 Å². The molecule has 0 saturated carbocycles. The van der Waals surface area contributed by atoms with Gasteiger partial charge in [0, 0.05) is 5.75 Å². The van der Waals surface area contributed by atoms with Crippen LogP contribution in [-0.4, -0.2) is 25.5 Å². The second-order valence-electron chi connectivity index (χ2n) is 5.62. The average molecular weight is 360 g/mol. The number of aromatic amines is 1. The molecule has 6 heteroatoms. The van der Waals surface area contributed by atoms with E-state index in [2.05, 4.69) is 27.2 Å². The summed E-state index contributed by atoms with van der Waals surface area (Å²) in [7, 11) is 0. The molecule has 2 aromatic carbocycles. The fourth-order valence-corrected chi connectivity index (χ4v) is 3.27. The molecule has 128 valence electrons. The maximum absolute atomic E-state index is 12.3. The van der Waals surface area contributed by atoms with Crippen molar-refractivity contribution in [2.45, 2.75) is 5.16 Å². The summed E-state index contributed by atoms with van der Waals surface area (Å²) in [5, 5.41) is 5.38. The third-order valence-corrected chi connectivity index (χ3v) is 4.67. The molecule has 5 nitrogen and oxygen atoms in total. The first-order chi connectivity index (χ1) is 12.8. The van der Waals surface area contributed by atoms with Crippen molar-refractivity contribution >= 4 is 28.9 Å². The number of hydrogen-bond donors (Lipinski definition) is 1. The summed E-state index contributed by atoms with van der Waals surface area (Å²) in [4.78, 5) is 19.7. The van der Waals surface area contributed by atoms with Gasteiger partial charge in [0.15, 0.2) is 10.8 Å². The van der Waals surface area contributed by atoms with Gasteiger partial charge in [0.1, 0.15) is 5.39 Å². The van der Waals surface area contributed by atoms with E-state index in [1.807, 2.05) is 60.7 Å². The van der Waals surface area contributed by atoms with Gasteiger partial charge in [0.25, 0.3) is 5.56 Å². The third kappa shape index (κ3) is 3.45. The van der Waals surface area contributed by atoms with Gasteiger partial charge >= 0.3 is 0 Å². The summed E-state index contributed by atoms with van der Waals surface area (Å²) in [5.74, 6) is 0.711. The topological polar surface area (TPSA) is 63.6 Å². The Kier molecular flexibility index (Phi) is 4.66. The lowest BCUT2D eigenvalue weighted by Crippen LogP contribution is -2.09. The maximum Gasteiger partial charge on any atom is 0.262 e. The summed E-state index contributed by atoms with van der Waals surface area (Å²) < 4.78 is 1.69. The molecule has 2 aromatic heterocycles. The summed E-state index contributed by atoms with van der Waals surface area (Å²) in [5.41, 5.74) is 2.41. The van der Waals surface area contributed by atoms with Crippen LogP contribution in [0.25, 0.3) is 22.8 Å². The number of rotatable bonds is 5. The molecule has 0 aliphatic carbocycles. The average Bonchev–Trinajstić information content (AvgIpc) is 3.11. The molecule has 4 aromatic rings. The quantitative estimate of drug-likeness (QED) is 0.433. The molecule has 0 bridgehead atoms. The van der Waals surface area contributed by atoms with Crippen LogP contribution in [0.3, 0.4) is 0 Å². The monoisotopic (exact) mass is 360 g/mol. The van der Waals surface area contributed by atoms with Crippen LogP contribution in [0.4, 0.5) is 0 Å². The molecule has 0 amide bonds. The Bertz CT molecular complexity index is 1100. The van der Waals surface area contributed by atoms with Gasteiger partial charge in [0.05, 0.1) is 11.9 Å². The van der Waals surface area contributed by atoms with Gasteiger partial charge in [0.2, 0.25) is 0 Å². The van der Waals surface area contributed by atoms with Gasteiger partial charge in [-0.1, -0.05) is 72.4 Å². The summed E-state index contributed by atoms with van der Waals surface area (Å²) in [6.07, 6.45) is 5.66. The normalized spacial score (nSPS) is 11.4. The van der Waals surface area contributed by atoms with Crippen molar-refractivity contribution < 1.29 is 0 Å². The Morgan fingerprint density at radius 2 is 1.77 bits per heavy atom. The number of aromatic nitrogens is 4. The highest BCUT2D eigenvalue weighted by Crippen LogP contribution is 2.18. The molecule has 26 heavy (non-hydrogen) atoms. The Hall–Kier alpha value is -3.12. The smallest absolute Gasteiger partial charge is 0.262 e. The van der Waals surface area contributed by atoms with E-state index in [0.717, 1.165) is 11.3 Å². The minimum atomic E-state index is -0.174. The van der Waals surface area contributed by atoms with Crippen LogP contribution in [0.15, 0.2) is 82.9 Å². The largest absolute Gasteiger partial charge is 0.301 e. The zero-order chi connectivity index (χ0) is 17.8. The van der Waals surface area contributed by atoms with Crippen molar-refractivity contribution in [3.8, 4) is 5.69 Å². The second kappa shape index (κ2) is 7.41. The molecular formula is C20H16N4OS. The minimum Gasteiger partial charge on any atom is -0.301 e. The van der Waals surface area contributed by atoms with Gasteiger partial charge in [-0.25, -0.2) is 9.67 Å². The van der Waals surface area contributed by atoms with Crippen LogP contribution in [0.2, 0.25) is 0 Å². The van der Waals surface area contributed by atoms with Crippen molar-refractivity contribution in [3.63, 3.8) is 0 Å². The van der Waals surface area contributed by atoms with Crippen LogP contribution < -0.4 is 5.56 Å². The Morgan fingerprint density at radius 3 is 2.54 bits per heavy atom. The fraction of sp³-hybridized carbons (Fsp3) is 0.0500. The maximum atomic E-state index is 12.3. The van der Waals surface area contributed by atoms with E-state index < -0.39 is 0 Å². The fourth-order valence-electron chi connectivity index (χ4n) is 2.60. The first kappa shape index (κ1) is 16.4. The molecular weight excluding hydrogens is 344 g/mol. The summed E-state index contributed by atoms with van der Waals surface area (Å²) in [6, 6.07) is 19.8. The highest BCUT2D eigenvalue weighted by atomic mass is 32.2. The van der Waals surface area contributed by atoms with Gasteiger partial charge in [-0.3, -0.25) is 4.79 Å². The Labute approximate surface area is 154 Å². The van der Waals surface area contributed by atoms with Crippen LogP contribution in [0, 0.1) is 0 Å². The van der Waals surface area contributed by atoms with Crippen molar-refractivity contribution in [2.75, 3.05) is 5.75 Å². The van der Waals surface area contributed by atoms with Crippen LogP contribution >= 0.6 is 11.8 Å². The lowest BCUT2D eigenvalue weighted by molar-refractivity contribution is 0.873. The van der Waals surface area contributed by atoms with E-state index >= 15 is 0 Å². The van der Waals surface area contributed by atoms with E-state index in [0.29, 0.717) is 21.9 Å². The molecule has 1 N–H and O–H groups in total. The third-order valence-electron chi connectivity index (χ3n) is 3.84. The second-order valence-corrected chi connectivity index (χ2v) is 6.63. The first-order valence-electron chi connectivity index (χ1n) is 8.19.